The largest absolute Gasteiger partial charge is 0.376 e. The molecular formula is C17H23N3O. The summed E-state index contributed by atoms with van der Waals surface area (Å²) in [6.07, 6.45) is 0.276. The number of ether oxygens (including phenoxy) is 1. The second kappa shape index (κ2) is 6.10. The summed E-state index contributed by atoms with van der Waals surface area (Å²) in [7, 11) is 0. The molecule has 1 aliphatic rings. The molecule has 2 unspecified atom stereocenters. The third-order valence-corrected chi connectivity index (χ3v) is 4.17. The van der Waals surface area contributed by atoms with Crippen LogP contribution in [0.25, 0.3) is 10.9 Å². The highest BCUT2D eigenvalue weighted by atomic mass is 16.5. The van der Waals surface area contributed by atoms with E-state index < -0.39 is 0 Å². The lowest BCUT2D eigenvalue weighted by atomic mass is 10.0. The second-order valence-corrected chi connectivity index (χ2v) is 5.83. The molecule has 2 heterocycles. The lowest BCUT2D eigenvalue weighted by Gasteiger charge is -2.37. The Morgan fingerprint density at radius 2 is 2.24 bits per heavy atom. The van der Waals surface area contributed by atoms with Crippen molar-refractivity contribution in [3.63, 3.8) is 0 Å². The van der Waals surface area contributed by atoms with Crippen molar-refractivity contribution < 1.29 is 4.74 Å². The summed E-state index contributed by atoms with van der Waals surface area (Å²) in [4.78, 5) is 6.99. The van der Waals surface area contributed by atoms with E-state index in [1.165, 1.54) is 10.9 Å². The topological polar surface area (TPSA) is 51.4 Å². The first-order chi connectivity index (χ1) is 10.2. The standard InChI is InChI=1S/C17H23N3O/c1-12-3-4-14-9-15(5-6-16(14)19-12)17(10-18)20-7-8-21-13(2)11-20/h3-6,9,13,17H,7-8,10-11,18H2,1-2H3. The molecule has 0 spiro atoms. The Hall–Kier alpha value is -1.49. The third-order valence-electron chi connectivity index (χ3n) is 4.17. The van der Waals surface area contributed by atoms with Crippen molar-refractivity contribution >= 4 is 10.9 Å². The molecule has 2 N–H and O–H groups in total. The van der Waals surface area contributed by atoms with Crippen molar-refractivity contribution in [3.8, 4) is 0 Å². The molecule has 1 aliphatic heterocycles. The minimum atomic E-state index is 0.252. The van der Waals surface area contributed by atoms with Crippen molar-refractivity contribution in [3.05, 3.63) is 41.6 Å². The molecular weight excluding hydrogens is 262 g/mol. The summed E-state index contributed by atoms with van der Waals surface area (Å²) < 4.78 is 5.63. The summed E-state index contributed by atoms with van der Waals surface area (Å²) in [5.41, 5.74) is 9.41. The zero-order chi connectivity index (χ0) is 14.8. The molecule has 2 atom stereocenters. The monoisotopic (exact) mass is 285 g/mol. The molecule has 3 rings (SSSR count). The Morgan fingerprint density at radius 1 is 1.38 bits per heavy atom. The van der Waals surface area contributed by atoms with E-state index in [1.54, 1.807) is 0 Å². The number of morpholine rings is 1. The SMILES string of the molecule is Cc1ccc2cc(C(CN)N3CCOC(C)C3)ccc2n1. The molecule has 21 heavy (non-hydrogen) atoms. The van der Waals surface area contributed by atoms with Crippen LogP contribution in [0.1, 0.15) is 24.2 Å². The Morgan fingerprint density at radius 3 is 3.00 bits per heavy atom. The highest BCUT2D eigenvalue weighted by Gasteiger charge is 2.24. The molecule has 2 aromatic rings. The van der Waals surface area contributed by atoms with Gasteiger partial charge in [0.25, 0.3) is 0 Å². The van der Waals surface area contributed by atoms with Crippen LogP contribution in [0.2, 0.25) is 0 Å². The predicted molar refractivity (Wildman–Crippen MR) is 85.3 cm³/mol. The van der Waals surface area contributed by atoms with E-state index in [4.69, 9.17) is 10.5 Å². The molecule has 1 saturated heterocycles. The highest BCUT2D eigenvalue weighted by Crippen LogP contribution is 2.25. The fraction of sp³-hybridized carbons (Fsp3) is 0.471. The molecule has 1 fully saturated rings. The summed E-state index contributed by atoms with van der Waals surface area (Å²) in [6.45, 7) is 7.42. The summed E-state index contributed by atoms with van der Waals surface area (Å²) in [6, 6.07) is 10.9. The minimum absolute atomic E-state index is 0.252. The number of pyridine rings is 1. The van der Waals surface area contributed by atoms with Gasteiger partial charge in [-0.2, -0.15) is 0 Å². The van der Waals surface area contributed by atoms with E-state index in [-0.39, 0.29) is 12.1 Å². The molecule has 0 saturated carbocycles. The molecule has 0 amide bonds. The number of hydrogen-bond acceptors (Lipinski definition) is 4. The van der Waals surface area contributed by atoms with Crippen LogP contribution in [0.4, 0.5) is 0 Å². The van der Waals surface area contributed by atoms with Crippen molar-refractivity contribution in [1.82, 2.24) is 9.88 Å². The number of aryl methyl sites for hydroxylation is 1. The smallest absolute Gasteiger partial charge is 0.0705 e. The normalized spacial score (nSPS) is 21.6. The fourth-order valence-electron chi connectivity index (χ4n) is 3.08. The second-order valence-electron chi connectivity index (χ2n) is 5.83. The van der Waals surface area contributed by atoms with Gasteiger partial charge in [0.2, 0.25) is 0 Å². The van der Waals surface area contributed by atoms with E-state index in [9.17, 15) is 0 Å². The van der Waals surface area contributed by atoms with Crippen molar-refractivity contribution in [2.75, 3.05) is 26.2 Å². The van der Waals surface area contributed by atoms with E-state index in [2.05, 4.69) is 47.1 Å². The first kappa shape index (κ1) is 14.4. The molecule has 112 valence electrons. The van der Waals surface area contributed by atoms with Crippen LogP contribution >= 0.6 is 0 Å². The molecule has 4 nitrogen and oxygen atoms in total. The van der Waals surface area contributed by atoms with Gasteiger partial charge in [0.05, 0.1) is 18.2 Å². The Bertz CT molecular complexity index is 628. The van der Waals surface area contributed by atoms with Crippen molar-refractivity contribution in [2.45, 2.75) is 26.0 Å². The lowest BCUT2D eigenvalue weighted by molar-refractivity contribution is -0.0332. The average molecular weight is 285 g/mol. The van der Waals surface area contributed by atoms with Gasteiger partial charge in [-0.3, -0.25) is 9.88 Å². The van der Waals surface area contributed by atoms with Gasteiger partial charge >= 0.3 is 0 Å². The van der Waals surface area contributed by atoms with E-state index in [0.29, 0.717) is 6.54 Å². The molecule has 0 bridgehead atoms. The Labute approximate surface area is 125 Å². The minimum Gasteiger partial charge on any atom is -0.376 e. The van der Waals surface area contributed by atoms with Crippen LogP contribution in [-0.2, 0) is 4.74 Å². The number of hydrogen-bond donors (Lipinski definition) is 1. The maximum absolute atomic E-state index is 6.05. The van der Waals surface area contributed by atoms with E-state index in [1.807, 2.05) is 6.92 Å². The van der Waals surface area contributed by atoms with Gasteiger partial charge in [0.15, 0.2) is 0 Å². The summed E-state index contributed by atoms with van der Waals surface area (Å²) >= 11 is 0. The zero-order valence-corrected chi connectivity index (χ0v) is 12.7. The van der Waals surface area contributed by atoms with Gasteiger partial charge < -0.3 is 10.5 Å². The summed E-state index contributed by atoms with van der Waals surface area (Å²) in [5, 5.41) is 1.18. The van der Waals surface area contributed by atoms with Crippen LogP contribution in [0.3, 0.4) is 0 Å². The van der Waals surface area contributed by atoms with Crippen LogP contribution in [0, 0.1) is 6.92 Å². The number of aromatic nitrogens is 1. The number of nitrogens with two attached hydrogens (primary N) is 1. The highest BCUT2D eigenvalue weighted by molar-refractivity contribution is 5.79. The molecule has 1 aromatic heterocycles. The maximum Gasteiger partial charge on any atom is 0.0705 e. The van der Waals surface area contributed by atoms with Crippen LogP contribution in [0.15, 0.2) is 30.3 Å². The van der Waals surface area contributed by atoms with E-state index >= 15 is 0 Å². The van der Waals surface area contributed by atoms with Gasteiger partial charge in [-0.15, -0.1) is 0 Å². The van der Waals surface area contributed by atoms with Crippen LogP contribution in [-0.4, -0.2) is 42.2 Å². The van der Waals surface area contributed by atoms with Crippen LogP contribution < -0.4 is 5.73 Å². The molecule has 1 aromatic carbocycles. The Kier molecular flexibility index (Phi) is 4.19. The summed E-state index contributed by atoms with van der Waals surface area (Å²) in [5.74, 6) is 0. The average Bonchev–Trinajstić information content (AvgIpc) is 2.48. The maximum atomic E-state index is 6.05. The number of fused-ring (bicyclic) bond motifs is 1. The third kappa shape index (κ3) is 3.07. The Balaban J connectivity index is 1.91. The van der Waals surface area contributed by atoms with Gasteiger partial charge in [-0.1, -0.05) is 12.1 Å². The van der Waals surface area contributed by atoms with Gasteiger partial charge in [-0.05, 0) is 37.6 Å². The number of rotatable bonds is 3. The van der Waals surface area contributed by atoms with E-state index in [0.717, 1.165) is 30.9 Å². The van der Waals surface area contributed by atoms with Crippen molar-refractivity contribution in [2.24, 2.45) is 5.73 Å². The number of nitrogens with zero attached hydrogens (tertiary/aromatic N) is 2. The van der Waals surface area contributed by atoms with Gasteiger partial charge in [0, 0.05) is 36.8 Å². The first-order valence-electron chi connectivity index (χ1n) is 7.60. The van der Waals surface area contributed by atoms with Crippen LogP contribution in [0.5, 0.6) is 0 Å². The molecule has 0 aliphatic carbocycles. The van der Waals surface area contributed by atoms with Gasteiger partial charge in [-0.25, -0.2) is 0 Å². The zero-order valence-electron chi connectivity index (χ0n) is 12.7. The predicted octanol–water partition coefficient (Wildman–Crippen LogP) is 2.26. The first-order valence-corrected chi connectivity index (χ1v) is 7.60. The quantitative estimate of drug-likeness (QED) is 0.940. The van der Waals surface area contributed by atoms with Crippen molar-refractivity contribution in [1.29, 1.82) is 0 Å². The molecule has 0 radical (unpaired) electrons. The lowest BCUT2D eigenvalue weighted by Crippen LogP contribution is -2.45. The number of benzene rings is 1. The fourth-order valence-corrected chi connectivity index (χ4v) is 3.08. The molecule has 4 heteroatoms. The van der Waals surface area contributed by atoms with Gasteiger partial charge in [0.1, 0.15) is 0 Å².